The van der Waals surface area contributed by atoms with Crippen molar-refractivity contribution in [3.8, 4) is 5.75 Å². The summed E-state index contributed by atoms with van der Waals surface area (Å²) in [5, 5.41) is 3.80. The summed E-state index contributed by atoms with van der Waals surface area (Å²) in [4.78, 5) is 13.1. The molecule has 1 N–H and O–H groups in total. The van der Waals surface area contributed by atoms with Crippen LogP contribution < -0.4 is 10.2 Å². The molecule has 0 aliphatic rings. The Balaban J connectivity index is 1.81. The van der Waals surface area contributed by atoms with Gasteiger partial charge in [-0.3, -0.25) is 4.79 Å². The molecule has 0 saturated heterocycles. The summed E-state index contributed by atoms with van der Waals surface area (Å²) in [7, 11) is 0. The zero-order valence-corrected chi connectivity index (χ0v) is 14.8. The third kappa shape index (κ3) is 6.08. The molecule has 0 aliphatic carbocycles. The first kappa shape index (κ1) is 18.1. The first-order chi connectivity index (χ1) is 11.7. The fourth-order valence-corrected chi connectivity index (χ4v) is 2.77. The van der Waals surface area contributed by atoms with Gasteiger partial charge in [0.25, 0.3) is 5.91 Å². The first-order valence-corrected chi connectivity index (χ1v) is 8.84. The molecule has 5 heteroatoms. The molecule has 24 heavy (non-hydrogen) atoms. The number of ether oxygens (including phenoxy) is 1. The monoisotopic (exact) mass is 342 g/mol. The Hall–Kier alpha value is -2.27. The van der Waals surface area contributed by atoms with Crippen molar-refractivity contribution in [3.63, 3.8) is 0 Å². The van der Waals surface area contributed by atoms with Gasteiger partial charge in [-0.25, -0.2) is 5.43 Å². The predicted octanol–water partition coefficient (Wildman–Crippen LogP) is 4.11. The molecule has 2 rings (SSSR count). The van der Waals surface area contributed by atoms with Gasteiger partial charge in [-0.15, -0.1) is 11.8 Å². The van der Waals surface area contributed by atoms with Crippen molar-refractivity contribution >= 4 is 23.9 Å². The fourth-order valence-electron chi connectivity index (χ4n) is 1.89. The molecule has 0 bridgehead atoms. The van der Waals surface area contributed by atoms with Crippen molar-refractivity contribution in [1.82, 2.24) is 5.43 Å². The van der Waals surface area contributed by atoms with Crippen molar-refractivity contribution in [1.29, 1.82) is 0 Å². The first-order valence-electron chi connectivity index (χ1n) is 7.96. The second kappa shape index (κ2) is 9.78. The van der Waals surface area contributed by atoms with Gasteiger partial charge in [-0.1, -0.05) is 25.1 Å². The number of hydrazone groups is 1. The van der Waals surface area contributed by atoms with Crippen molar-refractivity contribution in [3.05, 3.63) is 60.2 Å². The normalized spacial score (nSPS) is 12.1. The van der Waals surface area contributed by atoms with Crippen molar-refractivity contribution in [2.24, 2.45) is 5.10 Å². The van der Waals surface area contributed by atoms with Gasteiger partial charge in [0.2, 0.25) is 0 Å². The molecule has 0 saturated carbocycles. The lowest BCUT2D eigenvalue weighted by atomic mass is 10.2. The molecule has 0 aliphatic heterocycles. The Kier molecular flexibility index (Phi) is 7.36. The number of hydrogen-bond acceptors (Lipinski definition) is 4. The number of thioether (sulfide) groups is 1. The summed E-state index contributed by atoms with van der Waals surface area (Å²) in [6, 6.07) is 17.4. The fraction of sp³-hybridized carbons (Fsp3) is 0.263. The minimum absolute atomic E-state index is 0.122. The van der Waals surface area contributed by atoms with Crippen molar-refractivity contribution in [2.75, 3.05) is 6.61 Å². The van der Waals surface area contributed by atoms with Crippen LogP contribution in [0, 0.1) is 0 Å². The van der Waals surface area contributed by atoms with E-state index >= 15 is 0 Å². The molecule has 2 aromatic rings. The number of carbonyl (C=O) groups is 1. The van der Waals surface area contributed by atoms with Crippen LogP contribution in [0.5, 0.6) is 5.75 Å². The number of hydrogen-bond donors (Lipinski definition) is 1. The Morgan fingerprint density at radius 1 is 1.21 bits per heavy atom. The molecule has 2 aromatic carbocycles. The highest BCUT2D eigenvalue weighted by molar-refractivity contribution is 8.00. The molecule has 1 amide bonds. The van der Waals surface area contributed by atoms with E-state index in [1.54, 1.807) is 6.21 Å². The van der Waals surface area contributed by atoms with Gasteiger partial charge in [0, 0.05) is 4.90 Å². The largest absolute Gasteiger partial charge is 0.494 e. The second-order valence-corrected chi connectivity index (χ2v) is 6.64. The molecule has 4 nitrogen and oxygen atoms in total. The Morgan fingerprint density at radius 3 is 2.58 bits per heavy atom. The zero-order chi connectivity index (χ0) is 17.2. The second-order valence-electron chi connectivity index (χ2n) is 5.22. The van der Waals surface area contributed by atoms with Crippen LogP contribution in [-0.2, 0) is 4.79 Å². The summed E-state index contributed by atoms with van der Waals surface area (Å²) < 4.78 is 5.52. The van der Waals surface area contributed by atoms with Crippen molar-refractivity contribution < 1.29 is 9.53 Å². The molecule has 0 spiro atoms. The lowest BCUT2D eigenvalue weighted by Gasteiger charge is -2.09. The van der Waals surface area contributed by atoms with Crippen LogP contribution in [0.1, 0.15) is 25.8 Å². The number of nitrogens with zero attached hydrogens (tertiary/aromatic N) is 1. The van der Waals surface area contributed by atoms with E-state index in [-0.39, 0.29) is 11.2 Å². The number of rotatable bonds is 8. The Labute approximate surface area is 147 Å². The smallest absolute Gasteiger partial charge is 0.253 e. The number of nitrogens with one attached hydrogen (secondary N) is 1. The number of amides is 1. The topological polar surface area (TPSA) is 50.7 Å². The van der Waals surface area contributed by atoms with Crippen LogP contribution >= 0.6 is 11.8 Å². The Morgan fingerprint density at radius 2 is 1.92 bits per heavy atom. The van der Waals surface area contributed by atoms with Gasteiger partial charge in [0.05, 0.1) is 18.1 Å². The van der Waals surface area contributed by atoms with E-state index in [0.29, 0.717) is 6.61 Å². The molecule has 0 radical (unpaired) electrons. The maximum atomic E-state index is 12.0. The van der Waals surface area contributed by atoms with Gasteiger partial charge < -0.3 is 4.74 Å². The van der Waals surface area contributed by atoms with E-state index in [0.717, 1.165) is 22.6 Å². The summed E-state index contributed by atoms with van der Waals surface area (Å²) in [6.07, 6.45) is 2.61. The van der Waals surface area contributed by atoms with Gasteiger partial charge in [0.15, 0.2) is 0 Å². The van der Waals surface area contributed by atoms with Crippen LogP contribution in [0.2, 0.25) is 0 Å². The van der Waals surface area contributed by atoms with E-state index in [9.17, 15) is 4.79 Å². The van der Waals surface area contributed by atoms with E-state index in [1.807, 2.05) is 61.5 Å². The lowest BCUT2D eigenvalue weighted by molar-refractivity contribution is -0.120. The average molecular weight is 342 g/mol. The average Bonchev–Trinajstić information content (AvgIpc) is 2.61. The van der Waals surface area contributed by atoms with Gasteiger partial charge >= 0.3 is 0 Å². The lowest BCUT2D eigenvalue weighted by Crippen LogP contribution is -2.26. The van der Waals surface area contributed by atoms with Crippen LogP contribution in [-0.4, -0.2) is 24.0 Å². The molecule has 0 aromatic heterocycles. The predicted molar refractivity (Wildman–Crippen MR) is 99.7 cm³/mol. The van der Waals surface area contributed by atoms with Crippen molar-refractivity contribution in [2.45, 2.75) is 30.4 Å². The third-order valence-corrected chi connectivity index (χ3v) is 4.28. The number of benzene rings is 2. The van der Waals surface area contributed by atoms with E-state index in [1.165, 1.54) is 11.8 Å². The van der Waals surface area contributed by atoms with Gasteiger partial charge in [0.1, 0.15) is 5.75 Å². The maximum absolute atomic E-state index is 12.0. The minimum atomic E-state index is -0.214. The van der Waals surface area contributed by atoms with E-state index in [2.05, 4.69) is 17.5 Å². The molecule has 1 atom stereocenters. The van der Waals surface area contributed by atoms with Crippen LogP contribution in [0.4, 0.5) is 0 Å². The quantitative estimate of drug-likeness (QED) is 0.446. The van der Waals surface area contributed by atoms with Crippen LogP contribution in [0.3, 0.4) is 0 Å². The Bertz CT molecular complexity index is 657. The third-order valence-electron chi connectivity index (χ3n) is 3.17. The zero-order valence-electron chi connectivity index (χ0n) is 13.9. The number of carbonyl (C=O) groups excluding carboxylic acids is 1. The SMILES string of the molecule is CCCOc1ccc(/C=N\NC(=O)[C@H](C)Sc2ccccc2)cc1. The van der Waals surface area contributed by atoms with E-state index < -0.39 is 0 Å². The van der Waals surface area contributed by atoms with Gasteiger partial charge in [-0.2, -0.15) is 5.10 Å². The highest BCUT2D eigenvalue weighted by atomic mass is 32.2. The summed E-state index contributed by atoms with van der Waals surface area (Å²) in [5.74, 6) is 0.717. The molecular weight excluding hydrogens is 320 g/mol. The summed E-state index contributed by atoms with van der Waals surface area (Å²) in [5.41, 5.74) is 3.48. The summed E-state index contributed by atoms with van der Waals surface area (Å²) in [6.45, 7) is 4.64. The molecule has 126 valence electrons. The molecule has 0 unspecified atom stereocenters. The highest BCUT2D eigenvalue weighted by Gasteiger charge is 2.13. The highest BCUT2D eigenvalue weighted by Crippen LogP contribution is 2.22. The maximum Gasteiger partial charge on any atom is 0.253 e. The van der Waals surface area contributed by atoms with E-state index in [4.69, 9.17) is 4.74 Å². The van der Waals surface area contributed by atoms with Gasteiger partial charge in [-0.05, 0) is 55.3 Å². The molecule has 0 heterocycles. The minimum Gasteiger partial charge on any atom is -0.494 e. The molecular formula is C19H22N2O2S. The van der Waals surface area contributed by atoms with Crippen LogP contribution in [0.15, 0.2) is 64.6 Å². The molecule has 0 fully saturated rings. The summed E-state index contributed by atoms with van der Waals surface area (Å²) >= 11 is 1.50. The van der Waals surface area contributed by atoms with Crippen LogP contribution in [0.25, 0.3) is 0 Å². The standard InChI is InChI=1S/C19H22N2O2S/c1-3-13-23-17-11-9-16(10-12-17)14-20-21-19(22)15(2)24-18-7-5-4-6-8-18/h4-12,14-15H,3,13H2,1-2H3,(H,21,22)/b20-14-/t15-/m0/s1.